The van der Waals surface area contributed by atoms with E-state index in [4.69, 9.17) is 0 Å². The van der Waals surface area contributed by atoms with Crippen molar-refractivity contribution >= 4 is 80.9 Å². The number of benzene rings is 10. The quantitative estimate of drug-likeness (QED) is 0.154. The lowest BCUT2D eigenvalue weighted by atomic mass is 9.85. The summed E-state index contributed by atoms with van der Waals surface area (Å²) < 4.78 is 2.58. The first-order chi connectivity index (χ1) is 27.8. The van der Waals surface area contributed by atoms with E-state index < -0.39 is 0 Å². The van der Waals surface area contributed by atoms with Crippen LogP contribution in [-0.4, -0.2) is 0 Å². The fourth-order valence-corrected chi connectivity index (χ4v) is 9.80. The zero-order valence-corrected chi connectivity index (χ0v) is 31.4. The van der Waals surface area contributed by atoms with Crippen LogP contribution in [0.15, 0.2) is 212 Å². The molecule has 1 nitrogen and oxygen atoms in total. The molecule has 0 fully saturated rings. The Balaban J connectivity index is 1.19. The first-order valence-electron chi connectivity index (χ1n) is 19.2. The molecule has 0 amide bonds. The van der Waals surface area contributed by atoms with E-state index in [-0.39, 0.29) is 0 Å². The summed E-state index contributed by atoms with van der Waals surface area (Å²) in [6, 6.07) is 77.8. The van der Waals surface area contributed by atoms with Gasteiger partial charge in [-0.1, -0.05) is 164 Å². The molecule has 0 spiro atoms. The molecule has 56 heavy (non-hydrogen) atoms. The molecule has 0 aliphatic carbocycles. The molecule has 0 saturated heterocycles. The average Bonchev–Trinajstić information content (AvgIpc) is 3.66. The number of thiophene rings is 1. The minimum Gasteiger partial charge on any atom is -0.310 e. The Kier molecular flexibility index (Phi) is 7.75. The van der Waals surface area contributed by atoms with E-state index in [1.165, 1.54) is 91.6 Å². The van der Waals surface area contributed by atoms with Crippen LogP contribution in [0.3, 0.4) is 0 Å². The summed E-state index contributed by atoms with van der Waals surface area (Å²) in [6.45, 7) is 0. The maximum atomic E-state index is 2.47. The van der Waals surface area contributed by atoms with Crippen LogP contribution in [0.2, 0.25) is 0 Å². The van der Waals surface area contributed by atoms with Gasteiger partial charge in [0.1, 0.15) is 0 Å². The summed E-state index contributed by atoms with van der Waals surface area (Å²) in [4.78, 5) is 2.47. The second-order valence-corrected chi connectivity index (χ2v) is 15.5. The summed E-state index contributed by atoms with van der Waals surface area (Å²) >= 11 is 1.86. The average molecular weight is 730 g/mol. The zero-order chi connectivity index (χ0) is 37.0. The maximum Gasteiger partial charge on any atom is 0.0554 e. The number of hydrogen-bond donors (Lipinski definition) is 0. The van der Waals surface area contributed by atoms with Crippen molar-refractivity contribution in [3.05, 3.63) is 212 Å². The van der Waals surface area contributed by atoms with E-state index in [1.54, 1.807) is 0 Å². The van der Waals surface area contributed by atoms with Gasteiger partial charge >= 0.3 is 0 Å². The van der Waals surface area contributed by atoms with E-state index in [0.29, 0.717) is 0 Å². The molecule has 0 aliphatic heterocycles. The predicted octanol–water partition coefficient (Wildman–Crippen LogP) is 16.0. The van der Waals surface area contributed by atoms with Crippen LogP contribution in [0, 0.1) is 0 Å². The summed E-state index contributed by atoms with van der Waals surface area (Å²) in [5.41, 5.74) is 10.7. The van der Waals surface area contributed by atoms with E-state index in [9.17, 15) is 0 Å². The highest BCUT2D eigenvalue weighted by atomic mass is 32.1. The highest BCUT2D eigenvalue weighted by molar-refractivity contribution is 7.26. The Morgan fingerprint density at radius 3 is 1.64 bits per heavy atom. The fraction of sp³-hybridized carbons (Fsp3) is 0. The molecule has 0 aliphatic rings. The number of nitrogens with zero attached hydrogens (tertiary/aromatic N) is 1. The van der Waals surface area contributed by atoms with Crippen LogP contribution < -0.4 is 4.90 Å². The fourth-order valence-electron chi connectivity index (χ4n) is 8.67. The first-order valence-corrected chi connectivity index (χ1v) is 20.0. The summed E-state index contributed by atoms with van der Waals surface area (Å²) in [7, 11) is 0. The van der Waals surface area contributed by atoms with E-state index in [1.807, 2.05) is 11.3 Å². The molecule has 0 radical (unpaired) electrons. The van der Waals surface area contributed by atoms with Gasteiger partial charge in [-0.15, -0.1) is 11.3 Å². The van der Waals surface area contributed by atoms with Crippen LogP contribution in [-0.2, 0) is 0 Å². The highest BCUT2D eigenvalue weighted by Gasteiger charge is 2.22. The lowest BCUT2D eigenvalue weighted by Gasteiger charge is -2.28. The molecule has 11 rings (SSSR count). The number of hydrogen-bond acceptors (Lipinski definition) is 2. The molecule has 11 aromatic rings. The third-order valence-corrected chi connectivity index (χ3v) is 12.4. The van der Waals surface area contributed by atoms with Crippen LogP contribution >= 0.6 is 11.3 Å². The smallest absolute Gasteiger partial charge is 0.0554 e. The van der Waals surface area contributed by atoms with E-state index >= 15 is 0 Å². The van der Waals surface area contributed by atoms with Crippen LogP contribution in [0.25, 0.3) is 85.9 Å². The Morgan fingerprint density at radius 1 is 0.304 bits per heavy atom. The van der Waals surface area contributed by atoms with Gasteiger partial charge in [-0.2, -0.15) is 0 Å². The van der Waals surface area contributed by atoms with Crippen molar-refractivity contribution < 1.29 is 0 Å². The lowest BCUT2D eigenvalue weighted by Crippen LogP contribution is -2.10. The van der Waals surface area contributed by atoms with Crippen molar-refractivity contribution in [2.45, 2.75) is 0 Å². The summed E-state index contributed by atoms with van der Waals surface area (Å²) in [5, 5.41) is 10.0. The molecule has 2 heteroatoms. The molecular formula is C54H35NS. The van der Waals surface area contributed by atoms with Gasteiger partial charge in [-0.05, 0) is 114 Å². The number of anilines is 3. The van der Waals surface area contributed by atoms with Crippen molar-refractivity contribution in [3.63, 3.8) is 0 Å². The SMILES string of the molecule is c1ccc(-c2c(-c3ccccc3)c3cc(N(c4ccc(-c5ccc6ccccc6c5)cc4)c4cccc5sc6ccccc6c45)ccc3c3ccccc23)cc1. The molecule has 10 aromatic carbocycles. The van der Waals surface area contributed by atoms with Gasteiger partial charge in [-0.25, -0.2) is 0 Å². The van der Waals surface area contributed by atoms with Gasteiger partial charge in [0.15, 0.2) is 0 Å². The Bertz CT molecular complexity index is 3230. The van der Waals surface area contributed by atoms with Crippen molar-refractivity contribution in [1.29, 1.82) is 0 Å². The zero-order valence-electron chi connectivity index (χ0n) is 30.6. The standard InChI is InChI=1S/C54H35NS/c1-3-15-38(16-4-1)52-46-21-10-9-20-44(46)45-33-32-43(35-48(45)53(52)39-17-5-2-6-18-39)55(49-23-13-25-51-54(49)47-22-11-12-24-50(47)56-51)42-30-28-37(29-31-42)41-27-26-36-14-7-8-19-40(36)34-41/h1-35H. The topological polar surface area (TPSA) is 3.24 Å². The molecule has 1 aromatic heterocycles. The Labute approximate surface area is 330 Å². The predicted molar refractivity (Wildman–Crippen MR) is 243 cm³/mol. The molecule has 1 heterocycles. The second-order valence-electron chi connectivity index (χ2n) is 14.5. The number of fused-ring (bicyclic) bond motifs is 7. The van der Waals surface area contributed by atoms with Crippen molar-refractivity contribution in [2.75, 3.05) is 4.90 Å². The van der Waals surface area contributed by atoms with Crippen LogP contribution in [0.1, 0.15) is 0 Å². The molecule has 262 valence electrons. The van der Waals surface area contributed by atoms with Crippen molar-refractivity contribution in [2.24, 2.45) is 0 Å². The molecule has 0 atom stereocenters. The van der Waals surface area contributed by atoms with Gasteiger partial charge in [0.2, 0.25) is 0 Å². The Hall–Kier alpha value is -7.00. The summed E-state index contributed by atoms with van der Waals surface area (Å²) in [6.07, 6.45) is 0. The first kappa shape index (κ1) is 32.4. The van der Waals surface area contributed by atoms with Crippen molar-refractivity contribution in [3.8, 4) is 33.4 Å². The maximum absolute atomic E-state index is 2.47. The molecular weight excluding hydrogens is 695 g/mol. The molecule has 0 bridgehead atoms. The van der Waals surface area contributed by atoms with Gasteiger partial charge < -0.3 is 4.90 Å². The van der Waals surface area contributed by atoms with Gasteiger partial charge in [-0.3, -0.25) is 0 Å². The third-order valence-electron chi connectivity index (χ3n) is 11.2. The lowest BCUT2D eigenvalue weighted by molar-refractivity contribution is 1.31. The largest absolute Gasteiger partial charge is 0.310 e. The molecule has 0 saturated carbocycles. The van der Waals surface area contributed by atoms with Crippen molar-refractivity contribution in [1.82, 2.24) is 0 Å². The van der Waals surface area contributed by atoms with Crippen LogP contribution in [0.5, 0.6) is 0 Å². The molecule has 0 unspecified atom stereocenters. The van der Waals surface area contributed by atoms with E-state index in [2.05, 4.69) is 217 Å². The Morgan fingerprint density at radius 2 is 0.875 bits per heavy atom. The highest BCUT2D eigenvalue weighted by Crippen LogP contribution is 2.49. The number of rotatable bonds is 6. The van der Waals surface area contributed by atoms with Gasteiger partial charge in [0, 0.05) is 31.5 Å². The van der Waals surface area contributed by atoms with Gasteiger partial charge in [0.25, 0.3) is 0 Å². The minimum atomic E-state index is 1.11. The third kappa shape index (κ3) is 5.38. The van der Waals surface area contributed by atoms with E-state index in [0.717, 1.165) is 11.4 Å². The normalized spacial score (nSPS) is 11.6. The monoisotopic (exact) mass is 729 g/mol. The van der Waals surface area contributed by atoms with Gasteiger partial charge in [0.05, 0.1) is 5.69 Å². The molecule has 0 N–H and O–H groups in total. The minimum absolute atomic E-state index is 1.11. The summed E-state index contributed by atoms with van der Waals surface area (Å²) in [5.74, 6) is 0. The second kappa shape index (κ2) is 13.4. The van der Waals surface area contributed by atoms with Crippen LogP contribution in [0.4, 0.5) is 17.1 Å².